The quantitative estimate of drug-likeness (QED) is 0.607. The molecule has 0 radical (unpaired) electrons. The maximum absolute atomic E-state index is 9.27. The fraction of sp³-hybridized carbons (Fsp3) is 1.00. The van der Waals surface area contributed by atoms with Gasteiger partial charge in [-0.25, -0.2) is 0 Å². The molecule has 2 aliphatic rings. The summed E-state index contributed by atoms with van der Waals surface area (Å²) < 4.78 is 0. The van der Waals surface area contributed by atoms with Crippen LogP contribution >= 0.6 is 0 Å². The second-order valence-electron chi connectivity index (χ2n) is 4.72. The van der Waals surface area contributed by atoms with Crippen molar-refractivity contribution in [3.63, 3.8) is 0 Å². The highest BCUT2D eigenvalue weighted by Gasteiger charge is 2.40. The minimum absolute atomic E-state index is 0.180. The monoisotopic (exact) mass is 182 g/mol. The Bertz CT molecular complexity index is 170. The topological polar surface area (TPSA) is 40.5 Å². The van der Waals surface area contributed by atoms with Gasteiger partial charge in [0.1, 0.15) is 0 Å². The first-order valence-corrected chi connectivity index (χ1v) is 5.65. The van der Waals surface area contributed by atoms with Crippen molar-refractivity contribution in [2.45, 2.75) is 50.8 Å². The number of hydrogen-bond donors (Lipinski definition) is 2. The van der Waals surface area contributed by atoms with Crippen LogP contribution in [-0.4, -0.2) is 17.2 Å². The second kappa shape index (κ2) is 4.01. The Morgan fingerprint density at radius 2 is 1.54 bits per heavy atom. The molecule has 13 heavy (non-hydrogen) atoms. The van der Waals surface area contributed by atoms with E-state index in [0.29, 0.717) is 5.92 Å². The van der Waals surface area contributed by atoms with Crippen molar-refractivity contribution in [1.82, 2.24) is 0 Å². The van der Waals surface area contributed by atoms with E-state index in [1.807, 2.05) is 0 Å². The molecule has 0 aromatic heterocycles. The lowest BCUT2D eigenvalue weighted by atomic mass is 9.54. The van der Waals surface area contributed by atoms with Gasteiger partial charge in [0.15, 0.2) is 0 Å². The molecule has 3 unspecified atom stereocenters. The SMILES string of the molecule is OB(O)C1CCCC2CCCCC21. The summed E-state index contributed by atoms with van der Waals surface area (Å²) >= 11 is 0. The smallest absolute Gasteiger partial charge is 0.427 e. The first-order valence-electron chi connectivity index (χ1n) is 5.65. The molecular weight excluding hydrogens is 163 g/mol. The van der Waals surface area contributed by atoms with Gasteiger partial charge < -0.3 is 10.0 Å². The lowest BCUT2D eigenvalue weighted by Gasteiger charge is -2.41. The summed E-state index contributed by atoms with van der Waals surface area (Å²) in [5.41, 5.74) is 0. The van der Waals surface area contributed by atoms with E-state index in [1.165, 1.54) is 38.5 Å². The summed E-state index contributed by atoms with van der Waals surface area (Å²) in [6.45, 7) is 0. The summed E-state index contributed by atoms with van der Waals surface area (Å²) in [4.78, 5) is 0. The van der Waals surface area contributed by atoms with Crippen LogP contribution in [0.5, 0.6) is 0 Å². The molecule has 0 bridgehead atoms. The molecule has 2 rings (SSSR count). The van der Waals surface area contributed by atoms with Crippen molar-refractivity contribution in [1.29, 1.82) is 0 Å². The molecule has 0 amide bonds. The van der Waals surface area contributed by atoms with Crippen molar-refractivity contribution in [2.75, 3.05) is 0 Å². The van der Waals surface area contributed by atoms with E-state index in [9.17, 15) is 10.0 Å². The molecule has 2 saturated carbocycles. The average Bonchev–Trinajstić information content (AvgIpc) is 2.17. The minimum atomic E-state index is -1.06. The maximum atomic E-state index is 9.27. The largest absolute Gasteiger partial charge is 0.455 e. The van der Waals surface area contributed by atoms with Crippen LogP contribution in [0, 0.1) is 11.8 Å². The Labute approximate surface area is 80.5 Å². The Kier molecular flexibility index (Phi) is 2.94. The van der Waals surface area contributed by atoms with Gasteiger partial charge in [-0.3, -0.25) is 0 Å². The number of rotatable bonds is 1. The van der Waals surface area contributed by atoms with Crippen molar-refractivity contribution >= 4 is 7.12 Å². The van der Waals surface area contributed by atoms with Crippen LogP contribution in [0.25, 0.3) is 0 Å². The average molecular weight is 182 g/mol. The van der Waals surface area contributed by atoms with Crippen LogP contribution in [-0.2, 0) is 0 Å². The van der Waals surface area contributed by atoms with Crippen LogP contribution in [0.3, 0.4) is 0 Å². The molecule has 0 spiro atoms. The normalized spacial score (nSPS) is 39.7. The van der Waals surface area contributed by atoms with E-state index < -0.39 is 7.12 Å². The molecular formula is C10H19BO2. The molecule has 0 heterocycles. The Hall–Kier alpha value is -0.0151. The molecule has 74 valence electrons. The van der Waals surface area contributed by atoms with Gasteiger partial charge in [-0.15, -0.1) is 0 Å². The first kappa shape index (κ1) is 9.54. The zero-order chi connectivity index (χ0) is 9.26. The van der Waals surface area contributed by atoms with E-state index >= 15 is 0 Å². The maximum Gasteiger partial charge on any atom is 0.455 e. The Morgan fingerprint density at radius 1 is 0.846 bits per heavy atom. The van der Waals surface area contributed by atoms with Gasteiger partial charge >= 0.3 is 7.12 Å². The minimum Gasteiger partial charge on any atom is -0.427 e. The summed E-state index contributed by atoms with van der Waals surface area (Å²) in [5, 5.41) is 18.5. The summed E-state index contributed by atoms with van der Waals surface area (Å²) in [7, 11) is -1.06. The zero-order valence-electron chi connectivity index (χ0n) is 8.15. The highest BCUT2D eigenvalue weighted by Crippen LogP contribution is 2.47. The standard InChI is InChI=1S/C10H19BO2/c12-11(13)10-7-3-5-8-4-1-2-6-9(8)10/h8-10,12-13H,1-7H2. The molecule has 0 saturated heterocycles. The van der Waals surface area contributed by atoms with Crippen LogP contribution in [0.4, 0.5) is 0 Å². The molecule has 0 aromatic carbocycles. The van der Waals surface area contributed by atoms with Crippen molar-refractivity contribution in [3.8, 4) is 0 Å². The van der Waals surface area contributed by atoms with Crippen molar-refractivity contribution in [3.05, 3.63) is 0 Å². The summed E-state index contributed by atoms with van der Waals surface area (Å²) in [5.74, 6) is 1.59. The third-order valence-electron chi connectivity index (χ3n) is 4.01. The van der Waals surface area contributed by atoms with E-state index in [1.54, 1.807) is 0 Å². The third kappa shape index (κ3) is 1.91. The molecule has 2 fully saturated rings. The lowest BCUT2D eigenvalue weighted by Crippen LogP contribution is -2.36. The molecule has 0 aliphatic heterocycles. The molecule has 2 nitrogen and oxygen atoms in total. The van der Waals surface area contributed by atoms with E-state index in [0.717, 1.165) is 12.3 Å². The second-order valence-corrected chi connectivity index (χ2v) is 4.72. The van der Waals surface area contributed by atoms with Crippen molar-refractivity contribution in [2.24, 2.45) is 11.8 Å². The van der Waals surface area contributed by atoms with Gasteiger partial charge in [0.25, 0.3) is 0 Å². The van der Waals surface area contributed by atoms with Gasteiger partial charge in [0, 0.05) is 0 Å². The fourth-order valence-electron chi connectivity index (χ4n) is 3.36. The van der Waals surface area contributed by atoms with E-state index in [-0.39, 0.29) is 5.82 Å². The molecule has 3 heteroatoms. The van der Waals surface area contributed by atoms with Crippen LogP contribution < -0.4 is 0 Å². The summed E-state index contributed by atoms with van der Waals surface area (Å²) in [6, 6.07) is 0. The van der Waals surface area contributed by atoms with Gasteiger partial charge in [0.2, 0.25) is 0 Å². The van der Waals surface area contributed by atoms with E-state index in [2.05, 4.69) is 0 Å². The predicted molar refractivity (Wildman–Crippen MR) is 53.2 cm³/mol. The van der Waals surface area contributed by atoms with Gasteiger partial charge in [-0.05, 0) is 17.7 Å². The van der Waals surface area contributed by atoms with Gasteiger partial charge in [-0.2, -0.15) is 0 Å². The molecule has 0 aromatic rings. The first-order chi connectivity index (χ1) is 6.29. The lowest BCUT2D eigenvalue weighted by molar-refractivity contribution is 0.152. The summed E-state index contributed by atoms with van der Waals surface area (Å²) in [6.07, 6.45) is 8.76. The molecule has 2 N–H and O–H groups in total. The third-order valence-corrected chi connectivity index (χ3v) is 4.01. The van der Waals surface area contributed by atoms with Crippen LogP contribution in [0.2, 0.25) is 5.82 Å². The van der Waals surface area contributed by atoms with Gasteiger partial charge in [0.05, 0.1) is 0 Å². The highest BCUT2D eigenvalue weighted by atomic mass is 16.4. The Morgan fingerprint density at radius 3 is 2.31 bits per heavy atom. The van der Waals surface area contributed by atoms with Crippen LogP contribution in [0.15, 0.2) is 0 Å². The van der Waals surface area contributed by atoms with E-state index in [4.69, 9.17) is 0 Å². The molecule has 2 aliphatic carbocycles. The zero-order valence-corrected chi connectivity index (χ0v) is 8.15. The van der Waals surface area contributed by atoms with Gasteiger partial charge in [-0.1, -0.05) is 44.9 Å². The Balaban J connectivity index is 2.02. The highest BCUT2D eigenvalue weighted by molar-refractivity contribution is 6.43. The predicted octanol–water partition coefficient (Wildman–Crippen LogP) is 1.82. The number of fused-ring (bicyclic) bond motifs is 1. The van der Waals surface area contributed by atoms with Crippen molar-refractivity contribution < 1.29 is 10.0 Å². The van der Waals surface area contributed by atoms with Crippen LogP contribution in [0.1, 0.15) is 44.9 Å². The fourth-order valence-corrected chi connectivity index (χ4v) is 3.36. The molecule has 3 atom stereocenters. The number of hydrogen-bond acceptors (Lipinski definition) is 2.